The van der Waals surface area contributed by atoms with E-state index in [0.717, 1.165) is 0 Å². The molecule has 1 amide bonds. The number of carbonyl (C=O) groups excluding carboxylic acids is 2. The van der Waals surface area contributed by atoms with Crippen LogP contribution in [-0.4, -0.2) is 27.7 Å². The number of hydrogen-bond donors (Lipinski definition) is 3. The lowest BCUT2D eigenvalue weighted by Gasteiger charge is -2.25. The Labute approximate surface area is 79.0 Å². The van der Waals surface area contributed by atoms with Crippen molar-refractivity contribution < 1.29 is 19.8 Å². The van der Waals surface area contributed by atoms with Crippen molar-refractivity contribution in [3.8, 4) is 0 Å². The van der Waals surface area contributed by atoms with Crippen LogP contribution in [0, 0.1) is 0 Å². The molecule has 1 aromatic carbocycles. The summed E-state index contributed by atoms with van der Waals surface area (Å²) in [4.78, 5) is 22.4. The lowest BCUT2D eigenvalue weighted by Crippen LogP contribution is -2.53. The molecular formula is C9H7NO4. The minimum atomic E-state index is -2.95. The Morgan fingerprint density at radius 3 is 2.50 bits per heavy atom. The van der Waals surface area contributed by atoms with Gasteiger partial charge < -0.3 is 15.5 Å². The highest BCUT2D eigenvalue weighted by molar-refractivity contribution is 6.24. The summed E-state index contributed by atoms with van der Waals surface area (Å²) in [5.41, 5.74) is 0.387. The number of para-hydroxylation sites is 1. The number of nitrogens with one attached hydrogen (secondary N) is 1. The fraction of sp³-hybridized carbons (Fsp3) is 0.111. The van der Waals surface area contributed by atoms with E-state index >= 15 is 0 Å². The van der Waals surface area contributed by atoms with E-state index in [9.17, 15) is 9.59 Å². The van der Waals surface area contributed by atoms with Crippen LogP contribution in [-0.2, 0) is 4.79 Å². The van der Waals surface area contributed by atoms with E-state index in [4.69, 9.17) is 10.2 Å². The topological polar surface area (TPSA) is 86.6 Å². The largest absolute Gasteiger partial charge is 0.352 e. The number of anilines is 1. The molecule has 0 unspecified atom stereocenters. The van der Waals surface area contributed by atoms with Gasteiger partial charge in [-0.3, -0.25) is 9.59 Å². The van der Waals surface area contributed by atoms with Gasteiger partial charge in [-0.2, -0.15) is 0 Å². The zero-order valence-electron chi connectivity index (χ0n) is 7.02. The fourth-order valence-corrected chi connectivity index (χ4v) is 1.29. The van der Waals surface area contributed by atoms with Crippen LogP contribution in [0.15, 0.2) is 24.3 Å². The van der Waals surface area contributed by atoms with Gasteiger partial charge in [0, 0.05) is 5.56 Å². The van der Waals surface area contributed by atoms with Crippen LogP contribution in [0.3, 0.4) is 0 Å². The summed E-state index contributed by atoms with van der Waals surface area (Å²) in [6.45, 7) is 0. The van der Waals surface area contributed by atoms with Crippen LogP contribution in [0.25, 0.3) is 0 Å². The molecule has 0 saturated carbocycles. The molecule has 1 aliphatic heterocycles. The first-order valence-electron chi connectivity index (χ1n) is 3.93. The lowest BCUT2D eigenvalue weighted by molar-refractivity contribution is -0.162. The van der Waals surface area contributed by atoms with Gasteiger partial charge in [-0.1, -0.05) is 12.1 Å². The number of Topliss-reactive ketones (excluding diaryl/α,β-unsaturated/α-hetero) is 1. The first kappa shape index (κ1) is 8.86. The smallest absolute Gasteiger partial charge is 0.311 e. The number of fused-ring (bicyclic) bond motifs is 1. The number of hydrogen-bond acceptors (Lipinski definition) is 4. The Morgan fingerprint density at radius 1 is 1.14 bits per heavy atom. The quantitative estimate of drug-likeness (QED) is 0.383. The molecule has 1 aliphatic rings. The van der Waals surface area contributed by atoms with Gasteiger partial charge in [0.15, 0.2) is 0 Å². The van der Waals surface area contributed by atoms with Crippen LogP contribution in [0.4, 0.5) is 5.69 Å². The molecule has 0 spiro atoms. The van der Waals surface area contributed by atoms with Crippen molar-refractivity contribution in [3.05, 3.63) is 29.8 Å². The minimum absolute atomic E-state index is 0.0945. The zero-order valence-corrected chi connectivity index (χ0v) is 7.02. The first-order chi connectivity index (χ1) is 6.53. The van der Waals surface area contributed by atoms with Crippen molar-refractivity contribution in [1.82, 2.24) is 0 Å². The number of rotatable bonds is 0. The maximum absolute atomic E-state index is 11.4. The Morgan fingerprint density at radius 2 is 1.79 bits per heavy atom. The van der Waals surface area contributed by atoms with Crippen molar-refractivity contribution in [1.29, 1.82) is 0 Å². The highest BCUT2D eigenvalue weighted by atomic mass is 16.5. The van der Waals surface area contributed by atoms with Crippen molar-refractivity contribution in [3.63, 3.8) is 0 Å². The van der Waals surface area contributed by atoms with Crippen molar-refractivity contribution in [2.45, 2.75) is 5.79 Å². The number of aliphatic hydroxyl groups is 2. The van der Waals surface area contributed by atoms with Gasteiger partial charge in [-0.15, -0.1) is 0 Å². The van der Waals surface area contributed by atoms with E-state index in [0.29, 0.717) is 5.69 Å². The highest BCUT2D eigenvalue weighted by Crippen LogP contribution is 2.25. The third-order valence-electron chi connectivity index (χ3n) is 2.05. The van der Waals surface area contributed by atoms with Gasteiger partial charge >= 0.3 is 5.79 Å². The molecule has 1 heterocycles. The van der Waals surface area contributed by atoms with Crippen molar-refractivity contribution in [2.75, 3.05) is 5.32 Å². The lowest BCUT2D eigenvalue weighted by atomic mass is 9.97. The van der Waals surface area contributed by atoms with Crippen LogP contribution >= 0.6 is 0 Å². The predicted octanol–water partition coefficient (Wildman–Crippen LogP) is -0.498. The van der Waals surface area contributed by atoms with E-state index in [1.807, 2.05) is 0 Å². The van der Waals surface area contributed by atoms with Gasteiger partial charge in [0.05, 0.1) is 5.69 Å². The molecule has 0 radical (unpaired) electrons. The summed E-state index contributed by atoms with van der Waals surface area (Å²) in [6, 6.07) is 6.14. The highest BCUT2D eigenvalue weighted by Gasteiger charge is 2.46. The third kappa shape index (κ3) is 1.03. The van der Waals surface area contributed by atoms with E-state index in [-0.39, 0.29) is 5.56 Å². The van der Waals surface area contributed by atoms with E-state index in [1.165, 1.54) is 12.1 Å². The molecule has 0 atom stereocenters. The third-order valence-corrected chi connectivity index (χ3v) is 2.05. The summed E-state index contributed by atoms with van der Waals surface area (Å²) >= 11 is 0. The SMILES string of the molecule is O=C1Nc2ccccc2C(=O)C1(O)O. The molecule has 0 bridgehead atoms. The molecular weight excluding hydrogens is 186 g/mol. The standard InChI is InChI=1S/C9H7NO4/c11-7-5-3-1-2-4-6(5)10-8(12)9(7,13)14/h1-4,13-14H,(H,10,12). The summed E-state index contributed by atoms with van der Waals surface area (Å²) in [7, 11) is 0. The number of ketones is 1. The van der Waals surface area contributed by atoms with Gasteiger partial charge in [-0.25, -0.2) is 0 Å². The average Bonchev–Trinajstić information content (AvgIpc) is 2.15. The monoisotopic (exact) mass is 193 g/mol. The fourth-order valence-electron chi connectivity index (χ4n) is 1.29. The first-order valence-corrected chi connectivity index (χ1v) is 3.93. The van der Waals surface area contributed by atoms with Crippen molar-refractivity contribution >= 4 is 17.4 Å². The molecule has 0 aliphatic carbocycles. The van der Waals surface area contributed by atoms with Crippen LogP contribution in [0.1, 0.15) is 10.4 Å². The molecule has 1 aromatic rings. The Bertz CT molecular complexity index is 425. The maximum Gasteiger partial charge on any atom is 0.311 e. The Balaban J connectivity index is 2.61. The molecule has 5 nitrogen and oxygen atoms in total. The normalized spacial score (nSPS) is 18.7. The Kier molecular flexibility index (Phi) is 1.67. The van der Waals surface area contributed by atoms with Gasteiger partial charge in [0.1, 0.15) is 0 Å². The van der Waals surface area contributed by atoms with Gasteiger partial charge in [0.25, 0.3) is 5.91 Å². The van der Waals surface area contributed by atoms with Gasteiger partial charge in [-0.05, 0) is 12.1 Å². The molecule has 72 valence electrons. The molecule has 3 N–H and O–H groups in total. The second-order valence-corrected chi connectivity index (χ2v) is 3.00. The Hall–Kier alpha value is -1.72. The summed E-state index contributed by atoms with van der Waals surface area (Å²) in [5, 5.41) is 20.5. The average molecular weight is 193 g/mol. The molecule has 0 aromatic heterocycles. The number of amides is 1. The number of benzene rings is 1. The van der Waals surface area contributed by atoms with Crippen LogP contribution in [0.5, 0.6) is 0 Å². The maximum atomic E-state index is 11.4. The summed E-state index contributed by atoms with van der Waals surface area (Å²) in [6.07, 6.45) is 0. The molecule has 14 heavy (non-hydrogen) atoms. The van der Waals surface area contributed by atoms with Crippen LogP contribution in [0.2, 0.25) is 0 Å². The van der Waals surface area contributed by atoms with E-state index in [2.05, 4.69) is 5.32 Å². The molecule has 0 fully saturated rings. The minimum Gasteiger partial charge on any atom is -0.352 e. The predicted molar refractivity (Wildman–Crippen MR) is 46.6 cm³/mol. The van der Waals surface area contributed by atoms with E-state index in [1.54, 1.807) is 12.1 Å². The second kappa shape index (κ2) is 2.63. The van der Waals surface area contributed by atoms with E-state index < -0.39 is 17.5 Å². The second-order valence-electron chi connectivity index (χ2n) is 3.00. The number of carbonyl (C=O) groups is 2. The van der Waals surface area contributed by atoms with Gasteiger partial charge in [0.2, 0.25) is 5.78 Å². The molecule has 0 saturated heterocycles. The summed E-state index contributed by atoms with van der Waals surface area (Å²) in [5.74, 6) is -5.08. The van der Waals surface area contributed by atoms with Crippen molar-refractivity contribution in [2.24, 2.45) is 0 Å². The zero-order chi connectivity index (χ0) is 10.3. The molecule has 5 heteroatoms. The molecule has 2 rings (SSSR count). The summed E-state index contributed by atoms with van der Waals surface area (Å²) < 4.78 is 0. The van der Waals surface area contributed by atoms with Crippen LogP contribution < -0.4 is 5.32 Å².